The number of ether oxygens (including phenoxy) is 1. The quantitative estimate of drug-likeness (QED) is 0.795. The van der Waals surface area contributed by atoms with Gasteiger partial charge >= 0.3 is 11.9 Å². The molecule has 1 unspecified atom stereocenters. The molecule has 1 aromatic carbocycles. The van der Waals surface area contributed by atoms with Crippen LogP contribution in [-0.2, 0) is 14.3 Å². The van der Waals surface area contributed by atoms with Crippen molar-refractivity contribution in [2.75, 3.05) is 7.11 Å². The summed E-state index contributed by atoms with van der Waals surface area (Å²) in [4.78, 5) is 22.1. The summed E-state index contributed by atoms with van der Waals surface area (Å²) in [5, 5.41) is 8.87. The Bertz CT molecular complexity index is 412. The molecule has 0 fully saturated rings. The van der Waals surface area contributed by atoms with Crippen molar-refractivity contribution in [3.63, 3.8) is 0 Å². The van der Waals surface area contributed by atoms with Gasteiger partial charge < -0.3 is 9.84 Å². The van der Waals surface area contributed by atoms with Crippen molar-refractivity contribution >= 4 is 11.9 Å². The Kier molecular flexibility index (Phi) is 4.69. The third-order valence-electron chi connectivity index (χ3n) is 2.69. The molecule has 0 radical (unpaired) electrons. The van der Waals surface area contributed by atoms with Gasteiger partial charge in [0.05, 0.1) is 20.0 Å². The number of carbonyl (C=O) groups excluding carboxylic acids is 1. The van der Waals surface area contributed by atoms with E-state index in [4.69, 9.17) is 5.11 Å². The molecule has 0 bridgehead atoms. The lowest BCUT2D eigenvalue weighted by atomic mass is 9.89. The molecular weight excluding hydrogens is 220 g/mol. The molecule has 0 spiro atoms. The predicted octanol–water partition coefficient (Wildman–Crippen LogP) is 2.12. The molecule has 0 aromatic heterocycles. The summed E-state index contributed by atoms with van der Waals surface area (Å²) in [6, 6.07) is 7.48. The van der Waals surface area contributed by atoms with E-state index in [0.29, 0.717) is 0 Å². The molecule has 0 aliphatic rings. The summed E-state index contributed by atoms with van der Waals surface area (Å²) >= 11 is 0. The summed E-state index contributed by atoms with van der Waals surface area (Å²) in [6.45, 7) is 1.90. The molecule has 0 saturated heterocycles. The smallest absolute Gasteiger partial charge is 0.306 e. The van der Waals surface area contributed by atoms with Crippen LogP contribution in [0.15, 0.2) is 24.3 Å². The van der Waals surface area contributed by atoms with Crippen molar-refractivity contribution in [2.24, 2.45) is 0 Å². The Hall–Kier alpha value is -1.84. The van der Waals surface area contributed by atoms with Crippen molar-refractivity contribution in [2.45, 2.75) is 25.7 Å². The molecule has 17 heavy (non-hydrogen) atoms. The highest BCUT2D eigenvalue weighted by atomic mass is 16.5. The zero-order chi connectivity index (χ0) is 12.8. The van der Waals surface area contributed by atoms with Crippen LogP contribution in [0.2, 0.25) is 0 Å². The van der Waals surface area contributed by atoms with Gasteiger partial charge in [-0.15, -0.1) is 0 Å². The first-order chi connectivity index (χ1) is 8.04. The van der Waals surface area contributed by atoms with E-state index < -0.39 is 5.97 Å². The van der Waals surface area contributed by atoms with Crippen LogP contribution in [-0.4, -0.2) is 24.2 Å². The zero-order valence-electron chi connectivity index (χ0n) is 9.97. The molecule has 92 valence electrons. The van der Waals surface area contributed by atoms with Crippen LogP contribution in [0.4, 0.5) is 0 Å². The molecule has 0 aliphatic heterocycles. The first kappa shape index (κ1) is 13.2. The number of aliphatic carboxylic acids is 1. The molecule has 0 amide bonds. The lowest BCUT2D eigenvalue weighted by molar-refractivity contribution is -0.141. The van der Waals surface area contributed by atoms with Crippen molar-refractivity contribution in [1.29, 1.82) is 0 Å². The second kappa shape index (κ2) is 6.03. The van der Waals surface area contributed by atoms with Gasteiger partial charge in [0.2, 0.25) is 0 Å². The number of methoxy groups -OCH3 is 1. The number of aryl methyl sites for hydroxylation is 1. The fourth-order valence-corrected chi connectivity index (χ4v) is 1.83. The minimum Gasteiger partial charge on any atom is -0.481 e. The Morgan fingerprint density at radius 1 is 1.29 bits per heavy atom. The van der Waals surface area contributed by atoms with Crippen LogP contribution >= 0.6 is 0 Å². The number of benzene rings is 1. The van der Waals surface area contributed by atoms with E-state index in [1.165, 1.54) is 7.11 Å². The van der Waals surface area contributed by atoms with Crippen molar-refractivity contribution in [3.05, 3.63) is 35.4 Å². The van der Waals surface area contributed by atoms with Crippen molar-refractivity contribution in [3.8, 4) is 0 Å². The van der Waals surface area contributed by atoms with E-state index in [-0.39, 0.29) is 24.7 Å². The van der Waals surface area contributed by atoms with E-state index >= 15 is 0 Å². The average molecular weight is 236 g/mol. The van der Waals surface area contributed by atoms with Crippen LogP contribution in [0.25, 0.3) is 0 Å². The molecule has 1 atom stereocenters. The van der Waals surface area contributed by atoms with Crippen LogP contribution in [0.3, 0.4) is 0 Å². The highest BCUT2D eigenvalue weighted by Crippen LogP contribution is 2.26. The highest BCUT2D eigenvalue weighted by molar-refractivity contribution is 5.73. The normalized spacial score (nSPS) is 11.9. The standard InChI is InChI=1S/C13H16O4/c1-9-5-3-4-6-11(9)10(7-12(14)15)8-13(16)17-2/h3-6,10H,7-8H2,1-2H3,(H,14,15). The molecular formula is C13H16O4. The van der Waals surface area contributed by atoms with Crippen molar-refractivity contribution < 1.29 is 19.4 Å². The summed E-state index contributed by atoms with van der Waals surface area (Å²) in [7, 11) is 1.30. The summed E-state index contributed by atoms with van der Waals surface area (Å²) in [5.74, 6) is -1.64. The molecule has 1 rings (SSSR count). The average Bonchev–Trinajstić information content (AvgIpc) is 2.28. The van der Waals surface area contributed by atoms with Crippen molar-refractivity contribution in [1.82, 2.24) is 0 Å². The Labute approximate surface area is 100 Å². The lowest BCUT2D eigenvalue weighted by Crippen LogP contribution is -2.13. The SMILES string of the molecule is COC(=O)CC(CC(=O)O)c1ccccc1C. The maximum Gasteiger partial charge on any atom is 0.306 e. The van der Waals surface area contributed by atoms with E-state index in [2.05, 4.69) is 4.74 Å². The van der Waals surface area contributed by atoms with E-state index in [1.807, 2.05) is 31.2 Å². The zero-order valence-corrected chi connectivity index (χ0v) is 9.97. The van der Waals surface area contributed by atoms with Gasteiger partial charge in [0, 0.05) is 5.92 Å². The Morgan fingerprint density at radius 2 is 1.94 bits per heavy atom. The Morgan fingerprint density at radius 3 is 2.47 bits per heavy atom. The lowest BCUT2D eigenvalue weighted by Gasteiger charge is -2.16. The first-order valence-corrected chi connectivity index (χ1v) is 5.38. The molecule has 1 N–H and O–H groups in total. The summed E-state index contributed by atoms with van der Waals surface area (Å²) in [5.41, 5.74) is 1.88. The van der Waals surface area contributed by atoms with Gasteiger partial charge in [-0.25, -0.2) is 0 Å². The number of carboxylic acid groups (broad SMARTS) is 1. The van der Waals surface area contributed by atoms with E-state index in [0.717, 1.165) is 11.1 Å². The molecule has 0 aliphatic carbocycles. The van der Waals surface area contributed by atoms with Crippen LogP contribution in [0.1, 0.15) is 29.9 Å². The number of carboxylic acids is 1. The van der Waals surface area contributed by atoms with Gasteiger partial charge in [-0.3, -0.25) is 9.59 Å². The molecule has 4 heteroatoms. The Balaban J connectivity index is 2.93. The second-order valence-electron chi connectivity index (χ2n) is 3.93. The third kappa shape index (κ3) is 3.90. The predicted molar refractivity (Wildman–Crippen MR) is 62.8 cm³/mol. The number of hydrogen-bond donors (Lipinski definition) is 1. The maximum atomic E-state index is 11.3. The summed E-state index contributed by atoms with van der Waals surface area (Å²) in [6.07, 6.45) is 0.0214. The van der Waals surface area contributed by atoms with Crippen LogP contribution in [0.5, 0.6) is 0 Å². The summed E-state index contributed by atoms with van der Waals surface area (Å²) < 4.78 is 4.59. The topological polar surface area (TPSA) is 63.6 Å². The number of hydrogen-bond acceptors (Lipinski definition) is 3. The number of esters is 1. The van der Waals surface area contributed by atoms with Gasteiger partial charge in [-0.2, -0.15) is 0 Å². The van der Waals surface area contributed by atoms with Gasteiger partial charge in [0.25, 0.3) is 0 Å². The van der Waals surface area contributed by atoms with Gasteiger partial charge in [0.1, 0.15) is 0 Å². The molecule has 4 nitrogen and oxygen atoms in total. The largest absolute Gasteiger partial charge is 0.481 e. The monoisotopic (exact) mass is 236 g/mol. The van der Waals surface area contributed by atoms with Crippen LogP contribution in [0, 0.1) is 6.92 Å². The van der Waals surface area contributed by atoms with Gasteiger partial charge in [0.15, 0.2) is 0 Å². The molecule has 1 aromatic rings. The number of carbonyl (C=O) groups is 2. The second-order valence-corrected chi connectivity index (χ2v) is 3.93. The highest BCUT2D eigenvalue weighted by Gasteiger charge is 2.20. The van der Waals surface area contributed by atoms with Gasteiger partial charge in [-0.1, -0.05) is 24.3 Å². The molecule has 0 heterocycles. The number of rotatable bonds is 5. The maximum absolute atomic E-state index is 11.3. The molecule has 0 saturated carbocycles. The van der Waals surface area contributed by atoms with E-state index in [9.17, 15) is 9.59 Å². The fourth-order valence-electron chi connectivity index (χ4n) is 1.83. The van der Waals surface area contributed by atoms with Gasteiger partial charge in [-0.05, 0) is 18.1 Å². The van der Waals surface area contributed by atoms with Crippen LogP contribution < -0.4 is 0 Å². The minimum absolute atomic E-state index is 0.0695. The fraction of sp³-hybridized carbons (Fsp3) is 0.385. The van der Waals surface area contributed by atoms with E-state index in [1.54, 1.807) is 0 Å². The minimum atomic E-state index is -0.915. The first-order valence-electron chi connectivity index (χ1n) is 5.38. The third-order valence-corrected chi connectivity index (χ3v) is 2.69.